The summed E-state index contributed by atoms with van der Waals surface area (Å²) in [7, 11) is -3.15. The summed E-state index contributed by atoms with van der Waals surface area (Å²) in [6.07, 6.45) is 3.98. The summed E-state index contributed by atoms with van der Waals surface area (Å²) in [5.74, 6) is 2.47. The van der Waals surface area contributed by atoms with Gasteiger partial charge in [-0.3, -0.25) is 0 Å². The molecule has 0 aliphatic rings. The average Bonchev–Trinajstić information content (AvgIpc) is 2.73. The molecule has 0 saturated heterocycles. The van der Waals surface area contributed by atoms with Crippen molar-refractivity contribution in [3.63, 3.8) is 0 Å². The van der Waals surface area contributed by atoms with Crippen LogP contribution in [-0.4, -0.2) is 6.16 Å². The fraction of sp³-hybridized carbons (Fsp3) is 0.308. The zero-order chi connectivity index (χ0) is 21.4. The van der Waals surface area contributed by atoms with Crippen molar-refractivity contribution in [2.75, 3.05) is 6.16 Å². The van der Waals surface area contributed by atoms with Crippen LogP contribution in [0.2, 0.25) is 0 Å². The van der Waals surface area contributed by atoms with E-state index < -0.39 is 7.94 Å². The maximum atomic E-state index is 6.69. The summed E-state index contributed by atoms with van der Waals surface area (Å²) >= 11 is 0. The number of aryl methyl sites for hydroxylation is 3. The molecule has 3 rings (SSSR count). The molecule has 0 radical (unpaired) electrons. The molecule has 0 N–H and O–H groups in total. The third kappa shape index (κ3) is 5.77. The molecule has 0 bridgehead atoms. The van der Waals surface area contributed by atoms with Gasteiger partial charge < -0.3 is 0 Å². The van der Waals surface area contributed by atoms with E-state index in [2.05, 4.69) is 45.9 Å². The first kappa shape index (κ1) is 22.2. The third-order valence-corrected chi connectivity index (χ3v) is 7.72. The van der Waals surface area contributed by atoms with Gasteiger partial charge in [-0.15, -0.1) is 0 Å². The molecule has 3 aromatic carbocycles. The Kier molecular flexibility index (Phi) is 7.76. The van der Waals surface area contributed by atoms with Crippen LogP contribution in [0.25, 0.3) is 0 Å². The zero-order valence-electron chi connectivity index (χ0n) is 18.5. The minimum absolute atomic E-state index is 0.748. The van der Waals surface area contributed by atoms with E-state index in [0.717, 1.165) is 59.4 Å². The van der Waals surface area contributed by atoms with Crippen LogP contribution in [0.15, 0.2) is 72.8 Å². The summed E-state index contributed by atoms with van der Waals surface area (Å²) < 4.78 is 20.1. The molecular formula is C26H33O3P. The van der Waals surface area contributed by atoms with Crippen molar-refractivity contribution >= 4 is 7.94 Å². The van der Waals surface area contributed by atoms with Gasteiger partial charge in [0.05, 0.1) is 0 Å². The molecule has 4 heteroatoms. The van der Waals surface area contributed by atoms with Crippen molar-refractivity contribution in [1.82, 2.24) is 0 Å². The standard InChI is InChI=1S/C26H33O3P/c1-5-6-13-20-30(27-24-17-10-7-14-21(24)2,28-25-18-11-8-15-22(25)3)29-26-19-12-9-16-23(26)4/h7-12,14-19,30H,5-6,13,20H2,1-4H3. The Bertz CT molecular complexity index is 839. The van der Waals surface area contributed by atoms with E-state index in [4.69, 9.17) is 13.6 Å². The maximum absolute atomic E-state index is 6.69. The molecule has 0 unspecified atom stereocenters. The van der Waals surface area contributed by atoms with Crippen molar-refractivity contribution in [3.05, 3.63) is 89.5 Å². The molecule has 0 amide bonds. The van der Waals surface area contributed by atoms with Crippen LogP contribution in [0.4, 0.5) is 0 Å². The second-order valence-electron chi connectivity index (χ2n) is 7.74. The van der Waals surface area contributed by atoms with Crippen LogP contribution >= 0.6 is 7.94 Å². The Morgan fingerprint density at radius 3 is 1.27 bits per heavy atom. The molecule has 30 heavy (non-hydrogen) atoms. The SMILES string of the molecule is CCCCC[PH](Oc1ccccc1C)(Oc1ccccc1C)Oc1ccccc1C. The van der Waals surface area contributed by atoms with E-state index in [1.807, 2.05) is 54.6 Å². The molecule has 0 fully saturated rings. The molecular weight excluding hydrogens is 391 g/mol. The van der Waals surface area contributed by atoms with Crippen LogP contribution in [0.3, 0.4) is 0 Å². The van der Waals surface area contributed by atoms with Gasteiger partial charge in [0.15, 0.2) is 0 Å². The fourth-order valence-corrected chi connectivity index (χ4v) is 6.13. The number of benzene rings is 3. The van der Waals surface area contributed by atoms with E-state index >= 15 is 0 Å². The van der Waals surface area contributed by atoms with Gasteiger partial charge in [0.1, 0.15) is 0 Å². The number of para-hydroxylation sites is 3. The van der Waals surface area contributed by atoms with Crippen LogP contribution in [-0.2, 0) is 0 Å². The van der Waals surface area contributed by atoms with E-state index in [0.29, 0.717) is 0 Å². The van der Waals surface area contributed by atoms with Crippen LogP contribution in [0, 0.1) is 20.8 Å². The van der Waals surface area contributed by atoms with E-state index in [-0.39, 0.29) is 0 Å². The Morgan fingerprint density at radius 2 is 0.933 bits per heavy atom. The van der Waals surface area contributed by atoms with Crippen molar-refractivity contribution in [2.24, 2.45) is 0 Å². The predicted octanol–water partition coefficient (Wildman–Crippen LogP) is 7.83. The van der Waals surface area contributed by atoms with E-state index in [1.54, 1.807) is 0 Å². The minimum atomic E-state index is -3.15. The molecule has 3 nitrogen and oxygen atoms in total. The van der Waals surface area contributed by atoms with Gasteiger partial charge in [0.2, 0.25) is 0 Å². The van der Waals surface area contributed by atoms with E-state index in [1.165, 1.54) is 0 Å². The quantitative estimate of drug-likeness (QED) is 0.245. The Morgan fingerprint density at radius 1 is 0.567 bits per heavy atom. The molecule has 0 heterocycles. The Hall–Kier alpha value is -2.51. The summed E-state index contributed by atoms with van der Waals surface area (Å²) in [6, 6.07) is 24.2. The van der Waals surface area contributed by atoms with Crippen LogP contribution < -0.4 is 13.6 Å². The first-order chi connectivity index (χ1) is 14.5. The van der Waals surface area contributed by atoms with Crippen molar-refractivity contribution in [1.29, 1.82) is 0 Å². The van der Waals surface area contributed by atoms with Gasteiger partial charge in [-0.2, -0.15) is 0 Å². The molecule has 160 valence electrons. The van der Waals surface area contributed by atoms with Crippen molar-refractivity contribution in [3.8, 4) is 17.2 Å². The summed E-state index contributed by atoms with van der Waals surface area (Å²) in [4.78, 5) is 0. The summed E-state index contributed by atoms with van der Waals surface area (Å²) in [5, 5.41) is 0. The first-order valence-corrected chi connectivity index (χ1v) is 12.7. The van der Waals surface area contributed by atoms with Crippen LogP contribution in [0.1, 0.15) is 42.9 Å². The average molecular weight is 425 g/mol. The number of unbranched alkanes of at least 4 members (excludes halogenated alkanes) is 2. The molecule has 0 aliphatic carbocycles. The summed E-state index contributed by atoms with van der Waals surface area (Å²) in [6.45, 7) is 8.38. The number of hydrogen-bond donors (Lipinski definition) is 0. The van der Waals surface area contributed by atoms with Gasteiger partial charge in [-0.1, -0.05) is 0 Å². The van der Waals surface area contributed by atoms with Gasteiger partial charge in [-0.05, 0) is 0 Å². The van der Waals surface area contributed by atoms with Gasteiger partial charge in [0, 0.05) is 0 Å². The zero-order valence-corrected chi connectivity index (χ0v) is 19.5. The Balaban J connectivity index is 2.04. The van der Waals surface area contributed by atoms with Crippen molar-refractivity contribution in [2.45, 2.75) is 47.0 Å². The second-order valence-corrected chi connectivity index (χ2v) is 10.2. The molecule has 0 aromatic heterocycles. The predicted molar refractivity (Wildman–Crippen MR) is 128 cm³/mol. The molecule has 0 aliphatic heterocycles. The normalized spacial score (nSPS) is 11.7. The summed E-state index contributed by atoms with van der Waals surface area (Å²) in [5.41, 5.74) is 3.23. The molecule has 0 spiro atoms. The Labute approximate surface area is 181 Å². The van der Waals surface area contributed by atoms with E-state index in [9.17, 15) is 0 Å². The van der Waals surface area contributed by atoms with Gasteiger partial charge in [-0.25, -0.2) is 0 Å². The topological polar surface area (TPSA) is 27.7 Å². The third-order valence-electron chi connectivity index (χ3n) is 5.16. The number of rotatable bonds is 10. The molecule has 0 saturated carbocycles. The fourth-order valence-electron chi connectivity index (χ4n) is 3.32. The van der Waals surface area contributed by atoms with Crippen molar-refractivity contribution < 1.29 is 13.6 Å². The number of hydrogen-bond acceptors (Lipinski definition) is 3. The van der Waals surface area contributed by atoms with Gasteiger partial charge >= 0.3 is 181 Å². The first-order valence-electron chi connectivity index (χ1n) is 10.8. The molecule has 0 atom stereocenters. The molecule has 3 aromatic rings. The second kappa shape index (κ2) is 10.5. The van der Waals surface area contributed by atoms with Gasteiger partial charge in [0.25, 0.3) is 0 Å². The van der Waals surface area contributed by atoms with Crippen LogP contribution in [0.5, 0.6) is 17.2 Å². The monoisotopic (exact) mass is 424 g/mol.